The van der Waals surface area contributed by atoms with E-state index in [-0.39, 0.29) is 28.3 Å². The van der Waals surface area contributed by atoms with Gasteiger partial charge in [0.1, 0.15) is 22.8 Å². The Bertz CT molecular complexity index is 1870. The fourth-order valence-electron chi connectivity index (χ4n) is 4.17. The van der Waals surface area contributed by atoms with Crippen molar-refractivity contribution in [2.45, 2.75) is 20.8 Å². The Morgan fingerprint density at radius 1 is 0.974 bits per heavy atom. The Hall–Kier alpha value is -5.06. The van der Waals surface area contributed by atoms with Gasteiger partial charge in [0.2, 0.25) is 5.91 Å². The zero-order valence-corrected chi connectivity index (χ0v) is 21.2. The number of halogens is 2. The quantitative estimate of drug-likeness (QED) is 0.264. The van der Waals surface area contributed by atoms with Crippen molar-refractivity contribution in [2.75, 3.05) is 5.32 Å². The molecule has 0 saturated carbocycles. The number of imidazole rings is 1. The fourth-order valence-corrected chi connectivity index (χ4v) is 4.17. The normalized spacial score (nSPS) is 11.8. The number of nitrogens with zero attached hydrogens (tertiary/aromatic N) is 5. The summed E-state index contributed by atoms with van der Waals surface area (Å²) in [7, 11) is 0. The molecule has 0 aliphatic carbocycles. The molecule has 6 aromatic rings. The highest BCUT2D eigenvalue weighted by Crippen LogP contribution is 2.34. The molecular weight excluding hydrogens is 502 g/mol. The second kappa shape index (κ2) is 9.05. The van der Waals surface area contributed by atoms with Gasteiger partial charge in [0.15, 0.2) is 11.5 Å². The minimum absolute atomic E-state index is 0.145. The van der Waals surface area contributed by atoms with Crippen LogP contribution in [0.4, 0.5) is 14.5 Å². The summed E-state index contributed by atoms with van der Waals surface area (Å²) in [6, 6.07) is 9.35. The number of H-pyrrole nitrogens is 2. The van der Waals surface area contributed by atoms with E-state index in [1.165, 1.54) is 30.7 Å². The van der Waals surface area contributed by atoms with Gasteiger partial charge < -0.3 is 10.3 Å². The first-order valence-electron chi connectivity index (χ1n) is 12.1. The highest BCUT2D eigenvalue weighted by atomic mass is 19.1. The third kappa shape index (κ3) is 4.37. The molecule has 0 bridgehead atoms. The third-order valence-corrected chi connectivity index (χ3v) is 6.26. The molecule has 0 fully saturated rings. The molecule has 0 aliphatic rings. The summed E-state index contributed by atoms with van der Waals surface area (Å²) in [6.07, 6.45) is 6.00. The molecular formula is C28H22F2N8O. The molecule has 5 heterocycles. The Balaban J connectivity index is 1.43. The molecule has 1 aromatic carbocycles. The van der Waals surface area contributed by atoms with E-state index in [0.717, 1.165) is 0 Å². The van der Waals surface area contributed by atoms with Gasteiger partial charge in [0.25, 0.3) is 0 Å². The van der Waals surface area contributed by atoms with Gasteiger partial charge in [-0.15, -0.1) is 0 Å². The maximum Gasteiger partial charge on any atom is 0.229 e. The van der Waals surface area contributed by atoms with Crippen LogP contribution < -0.4 is 5.32 Å². The molecule has 39 heavy (non-hydrogen) atoms. The number of carbonyl (C=O) groups excluding carboxylic acids is 1. The maximum atomic E-state index is 16.1. The van der Waals surface area contributed by atoms with Gasteiger partial charge in [0.05, 0.1) is 28.5 Å². The van der Waals surface area contributed by atoms with Crippen LogP contribution in [0.25, 0.3) is 56.0 Å². The van der Waals surface area contributed by atoms with Crippen LogP contribution in [0.15, 0.2) is 61.2 Å². The molecule has 1 amide bonds. The Morgan fingerprint density at radius 3 is 2.54 bits per heavy atom. The summed E-state index contributed by atoms with van der Waals surface area (Å²) in [6.45, 7) is 5.40. The molecule has 0 atom stereocenters. The second-order valence-electron chi connectivity index (χ2n) is 10.1. The van der Waals surface area contributed by atoms with Crippen LogP contribution in [0, 0.1) is 17.0 Å². The summed E-state index contributed by atoms with van der Waals surface area (Å²) in [5.74, 6) is -0.770. The molecule has 194 valence electrons. The lowest BCUT2D eigenvalue weighted by Gasteiger charge is -2.17. The molecule has 0 aliphatic heterocycles. The van der Waals surface area contributed by atoms with E-state index in [1.807, 2.05) is 0 Å². The van der Waals surface area contributed by atoms with Crippen molar-refractivity contribution >= 4 is 33.7 Å². The van der Waals surface area contributed by atoms with Crippen molar-refractivity contribution in [1.82, 2.24) is 35.1 Å². The number of amides is 1. The number of anilines is 1. The summed E-state index contributed by atoms with van der Waals surface area (Å²) >= 11 is 0. The first-order valence-corrected chi connectivity index (χ1v) is 12.1. The molecule has 9 nitrogen and oxygen atoms in total. The monoisotopic (exact) mass is 524 g/mol. The molecule has 0 radical (unpaired) electrons. The molecule has 0 unspecified atom stereocenters. The minimum atomic E-state index is -0.605. The predicted molar refractivity (Wildman–Crippen MR) is 143 cm³/mol. The number of aromatic amines is 2. The maximum absolute atomic E-state index is 16.1. The Morgan fingerprint density at radius 2 is 1.77 bits per heavy atom. The first kappa shape index (κ1) is 24.3. The smallest absolute Gasteiger partial charge is 0.229 e. The van der Waals surface area contributed by atoms with Gasteiger partial charge in [-0.05, 0) is 36.4 Å². The number of benzene rings is 1. The van der Waals surface area contributed by atoms with E-state index in [9.17, 15) is 9.18 Å². The van der Waals surface area contributed by atoms with E-state index in [0.29, 0.717) is 45.1 Å². The zero-order valence-electron chi connectivity index (χ0n) is 21.2. The Labute approximate surface area is 220 Å². The SMILES string of the molecule is CC(C)(C)C(=O)Nc1cncc(-c2cnc3n[nH]c(-c4nc5c(-c6ccc(F)cc6)nccc5[nH]4)c3c2F)c1. The number of pyridine rings is 3. The lowest BCUT2D eigenvalue weighted by molar-refractivity contribution is -0.123. The van der Waals surface area contributed by atoms with Crippen LogP contribution in [-0.2, 0) is 4.79 Å². The molecule has 11 heteroatoms. The second-order valence-corrected chi connectivity index (χ2v) is 10.1. The summed E-state index contributed by atoms with van der Waals surface area (Å²) < 4.78 is 29.5. The highest BCUT2D eigenvalue weighted by Gasteiger charge is 2.23. The number of hydrogen-bond donors (Lipinski definition) is 3. The summed E-state index contributed by atoms with van der Waals surface area (Å²) in [4.78, 5) is 33.2. The number of nitrogens with one attached hydrogen (secondary N) is 3. The van der Waals surface area contributed by atoms with Crippen molar-refractivity contribution in [3.63, 3.8) is 0 Å². The average Bonchev–Trinajstić information content (AvgIpc) is 3.54. The van der Waals surface area contributed by atoms with Crippen molar-refractivity contribution in [2.24, 2.45) is 5.41 Å². The van der Waals surface area contributed by atoms with Gasteiger partial charge in [-0.2, -0.15) is 5.10 Å². The van der Waals surface area contributed by atoms with Crippen molar-refractivity contribution in [3.05, 3.63) is 72.8 Å². The standard InChI is InChI=1S/C28H22F2N8O/c1-28(2,3)27(39)34-17-10-15(11-31-12-17)18-13-33-25-20(21(18)30)24(37-38-25)26-35-19-8-9-32-22(23(19)36-26)14-4-6-16(29)7-5-14/h4-13H,1-3H3,(H,34,39)(H,35,36)(H,33,37,38). The van der Waals surface area contributed by atoms with Gasteiger partial charge in [-0.1, -0.05) is 20.8 Å². The van der Waals surface area contributed by atoms with E-state index >= 15 is 4.39 Å². The predicted octanol–water partition coefficient (Wildman–Crippen LogP) is 5.89. The molecule has 6 rings (SSSR count). The summed E-state index contributed by atoms with van der Waals surface area (Å²) in [5, 5.41) is 9.97. The summed E-state index contributed by atoms with van der Waals surface area (Å²) in [5.41, 5.74) is 3.40. The molecule has 5 aromatic heterocycles. The van der Waals surface area contributed by atoms with Crippen LogP contribution in [0.1, 0.15) is 20.8 Å². The lowest BCUT2D eigenvalue weighted by atomic mass is 9.95. The van der Waals surface area contributed by atoms with E-state index in [4.69, 9.17) is 0 Å². The van der Waals surface area contributed by atoms with Crippen LogP contribution in [0.5, 0.6) is 0 Å². The van der Waals surface area contributed by atoms with Gasteiger partial charge in [-0.25, -0.2) is 18.7 Å². The molecule has 0 saturated heterocycles. The lowest BCUT2D eigenvalue weighted by Crippen LogP contribution is -2.27. The number of rotatable bonds is 4. The number of hydrogen-bond acceptors (Lipinski definition) is 6. The third-order valence-electron chi connectivity index (χ3n) is 6.26. The van der Waals surface area contributed by atoms with Gasteiger partial charge >= 0.3 is 0 Å². The van der Waals surface area contributed by atoms with Gasteiger partial charge in [-0.3, -0.25) is 19.9 Å². The topological polar surface area (TPSA) is 125 Å². The van der Waals surface area contributed by atoms with Gasteiger partial charge in [0, 0.05) is 40.7 Å². The number of fused-ring (bicyclic) bond motifs is 2. The van der Waals surface area contributed by atoms with Crippen LogP contribution in [0.2, 0.25) is 0 Å². The van der Waals surface area contributed by atoms with E-state index in [2.05, 4.69) is 40.4 Å². The van der Waals surface area contributed by atoms with Crippen molar-refractivity contribution < 1.29 is 13.6 Å². The Kier molecular flexibility index (Phi) is 5.63. The zero-order chi connectivity index (χ0) is 27.3. The van der Waals surface area contributed by atoms with Crippen molar-refractivity contribution in [1.29, 1.82) is 0 Å². The van der Waals surface area contributed by atoms with Crippen LogP contribution in [0.3, 0.4) is 0 Å². The average molecular weight is 525 g/mol. The first-order chi connectivity index (χ1) is 18.7. The van der Waals surface area contributed by atoms with E-state index < -0.39 is 11.2 Å². The van der Waals surface area contributed by atoms with Crippen LogP contribution >= 0.6 is 0 Å². The van der Waals surface area contributed by atoms with E-state index in [1.54, 1.807) is 51.2 Å². The van der Waals surface area contributed by atoms with Crippen molar-refractivity contribution in [3.8, 4) is 33.9 Å². The number of aromatic nitrogens is 7. The van der Waals surface area contributed by atoms with Crippen LogP contribution in [-0.4, -0.2) is 41.0 Å². The minimum Gasteiger partial charge on any atom is -0.337 e. The highest BCUT2D eigenvalue weighted by molar-refractivity contribution is 5.97. The largest absolute Gasteiger partial charge is 0.337 e. The molecule has 0 spiro atoms. The number of carbonyl (C=O) groups is 1. The fraction of sp³-hybridized carbons (Fsp3) is 0.143. The molecule has 3 N–H and O–H groups in total.